The lowest BCUT2D eigenvalue weighted by molar-refractivity contribution is 0.0696. The molecule has 0 spiro atoms. The molecule has 0 bridgehead atoms. The van der Waals surface area contributed by atoms with E-state index in [1.807, 2.05) is 30.7 Å². The molecule has 2 N–H and O–H groups in total. The zero-order valence-electron chi connectivity index (χ0n) is 19.2. The third kappa shape index (κ3) is 5.20. The number of carboxylic acid groups (broad SMARTS) is 1. The minimum absolute atomic E-state index is 0.124. The molecule has 0 aliphatic carbocycles. The second-order valence-electron chi connectivity index (χ2n) is 8.25. The molecule has 0 saturated carbocycles. The largest absolute Gasteiger partial charge is 0.496 e. The van der Waals surface area contributed by atoms with Gasteiger partial charge in [0.1, 0.15) is 10.9 Å². The highest BCUT2D eigenvalue weighted by atomic mass is 35.5. The molecule has 3 rings (SSSR count). The van der Waals surface area contributed by atoms with E-state index in [-0.39, 0.29) is 17.6 Å². The van der Waals surface area contributed by atoms with Gasteiger partial charge in [-0.1, -0.05) is 29.3 Å². The van der Waals surface area contributed by atoms with Gasteiger partial charge in [0, 0.05) is 49.6 Å². The quantitative estimate of drug-likeness (QED) is 0.487. The number of aryl methyl sites for hydroxylation is 1. The Kier molecular flexibility index (Phi) is 7.44. The van der Waals surface area contributed by atoms with E-state index in [0.717, 1.165) is 27.6 Å². The minimum atomic E-state index is -1.02. The van der Waals surface area contributed by atoms with Crippen LogP contribution in [0, 0.1) is 0 Å². The number of ether oxygens (including phenoxy) is 1. The van der Waals surface area contributed by atoms with E-state index in [9.17, 15) is 14.7 Å². The van der Waals surface area contributed by atoms with Gasteiger partial charge in [0.15, 0.2) is 0 Å². The molecule has 0 radical (unpaired) electrons. The SMILES string of the molecule is COc1cc(C(=O)O)ccc1Cc1c(Cl)n(C)c2cc(Cl)c(CC(C)NC(=O)N(C)C)cc12. The van der Waals surface area contributed by atoms with Gasteiger partial charge < -0.3 is 24.6 Å². The van der Waals surface area contributed by atoms with Gasteiger partial charge in [0.2, 0.25) is 0 Å². The van der Waals surface area contributed by atoms with Crippen molar-refractivity contribution in [3.63, 3.8) is 0 Å². The molecule has 33 heavy (non-hydrogen) atoms. The van der Waals surface area contributed by atoms with Crippen molar-refractivity contribution in [2.24, 2.45) is 7.05 Å². The fourth-order valence-electron chi connectivity index (χ4n) is 3.81. The van der Waals surface area contributed by atoms with E-state index in [1.165, 1.54) is 18.1 Å². The number of methoxy groups -OCH3 is 1. The lowest BCUT2D eigenvalue weighted by Crippen LogP contribution is -2.40. The first-order valence-electron chi connectivity index (χ1n) is 10.4. The Morgan fingerprint density at radius 1 is 1.18 bits per heavy atom. The van der Waals surface area contributed by atoms with Crippen LogP contribution < -0.4 is 10.1 Å². The number of halogens is 2. The Hall–Kier alpha value is -2.90. The topological polar surface area (TPSA) is 83.8 Å². The van der Waals surface area contributed by atoms with Gasteiger partial charge in [0.25, 0.3) is 0 Å². The predicted molar refractivity (Wildman–Crippen MR) is 131 cm³/mol. The lowest BCUT2D eigenvalue weighted by atomic mass is 9.99. The third-order valence-corrected chi connectivity index (χ3v) is 6.43. The van der Waals surface area contributed by atoms with E-state index in [1.54, 1.807) is 26.2 Å². The second-order valence-corrected chi connectivity index (χ2v) is 9.01. The maximum absolute atomic E-state index is 12.0. The van der Waals surface area contributed by atoms with Crippen LogP contribution in [-0.4, -0.2) is 53.8 Å². The molecule has 0 fully saturated rings. The van der Waals surface area contributed by atoms with E-state index >= 15 is 0 Å². The number of aromatic carboxylic acids is 1. The summed E-state index contributed by atoms with van der Waals surface area (Å²) in [5.41, 5.74) is 3.64. The van der Waals surface area contributed by atoms with Gasteiger partial charge in [-0.05, 0) is 48.7 Å². The van der Waals surface area contributed by atoms with Crippen LogP contribution in [0.5, 0.6) is 5.75 Å². The van der Waals surface area contributed by atoms with Gasteiger partial charge >= 0.3 is 12.0 Å². The Balaban J connectivity index is 2.01. The zero-order valence-corrected chi connectivity index (χ0v) is 20.7. The van der Waals surface area contributed by atoms with E-state index in [2.05, 4.69) is 5.32 Å². The number of urea groups is 1. The number of fused-ring (bicyclic) bond motifs is 1. The summed E-state index contributed by atoms with van der Waals surface area (Å²) in [7, 11) is 6.76. The highest BCUT2D eigenvalue weighted by Gasteiger charge is 2.20. The summed E-state index contributed by atoms with van der Waals surface area (Å²) in [6.45, 7) is 1.93. The summed E-state index contributed by atoms with van der Waals surface area (Å²) in [6, 6.07) is 8.40. The molecule has 1 heterocycles. The van der Waals surface area contributed by atoms with Crippen molar-refractivity contribution in [2.75, 3.05) is 21.2 Å². The number of nitrogens with one attached hydrogen (secondary N) is 1. The van der Waals surface area contributed by atoms with Gasteiger partial charge in [0.05, 0.1) is 18.2 Å². The summed E-state index contributed by atoms with van der Waals surface area (Å²) in [4.78, 5) is 24.8. The molecule has 1 atom stereocenters. The summed E-state index contributed by atoms with van der Waals surface area (Å²) < 4.78 is 7.31. The van der Waals surface area contributed by atoms with E-state index in [0.29, 0.717) is 28.8 Å². The first-order valence-corrected chi connectivity index (χ1v) is 11.1. The predicted octanol–water partition coefficient (Wildman–Crippen LogP) is 4.98. The number of rotatable bonds is 7. The number of carboxylic acids is 1. The second kappa shape index (κ2) is 9.93. The monoisotopic (exact) mass is 491 g/mol. The third-order valence-electron chi connectivity index (χ3n) is 5.60. The van der Waals surface area contributed by atoms with E-state index in [4.69, 9.17) is 27.9 Å². The molecule has 2 aromatic carbocycles. The van der Waals surface area contributed by atoms with Gasteiger partial charge in [-0.2, -0.15) is 0 Å². The lowest BCUT2D eigenvalue weighted by Gasteiger charge is -2.18. The fraction of sp³-hybridized carbons (Fsp3) is 0.333. The number of hydrogen-bond acceptors (Lipinski definition) is 3. The summed E-state index contributed by atoms with van der Waals surface area (Å²) >= 11 is 13.3. The van der Waals surface area contributed by atoms with Crippen LogP contribution in [-0.2, 0) is 19.9 Å². The summed E-state index contributed by atoms with van der Waals surface area (Å²) in [5, 5.41) is 14.3. The molecular formula is C24H27Cl2N3O4. The van der Waals surface area contributed by atoms with Crippen molar-refractivity contribution in [3.8, 4) is 5.75 Å². The number of amides is 2. The Bertz CT molecular complexity index is 1220. The normalized spacial score (nSPS) is 12.0. The molecule has 2 amide bonds. The first-order chi connectivity index (χ1) is 15.5. The molecule has 7 nitrogen and oxygen atoms in total. The van der Waals surface area contributed by atoms with E-state index < -0.39 is 5.97 Å². The molecule has 9 heteroatoms. The van der Waals surface area contributed by atoms with Crippen molar-refractivity contribution in [2.45, 2.75) is 25.8 Å². The average Bonchev–Trinajstić information content (AvgIpc) is 2.98. The van der Waals surface area contributed by atoms with Crippen LogP contribution in [0.1, 0.15) is 34.0 Å². The smallest absolute Gasteiger partial charge is 0.335 e. The van der Waals surface area contributed by atoms with Gasteiger partial charge in [-0.25, -0.2) is 9.59 Å². The van der Waals surface area contributed by atoms with Crippen molar-refractivity contribution < 1.29 is 19.4 Å². The Morgan fingerprint density at radius 3 is 2.48 bits per heavy atom. The zero-order chi connectivity index (χ0) is 24.4. The molecule has 1 unspecified atom stereocenters. The van der Waals surface area contributed by atoms with Crippen molar-refractivity contribution in [3.05, 3.63) is 62.8 Å². The maximum Gasteiger partial charge on any atom is 0.335 e. The maximum atomic E-state index is 12.0. The Labute approximate surface area is 202 Å². The molecule has 3 aromatic rings. The standard InChI is InChI=1S/C24H27Cl2N3O4/c1-13(27-24(32)28(2)3)8-16-10-17-18(22(26)29(4)20(17)12-19(16)25)9-14-6-7-15(23(30)31)11-21(14)33-5/h6-7,10-13H,8-9H2,1-5H3,(H,27,32)(H,30,31). The van der Waals surface area contributed by atoms with Crippen LogP contribution in [0.15, 0.2) is 30.3 Å². The van der Waals surface area contributed by atoms with Gasteiger partial charge in [-0.3, -0.25) is 0 Å². The fourth-order valence-corrected chi connectivity index (χ4v) is 4.30. The number of hydrogen-bond donors (Lipinski definition) is 2. The van der Waals surface area contributed by atoms with Crippen molar-refractivity contribution >= 4 is 46.1 Å². The number of benzene rings is 2. The number of carbonyl (C=O) groups is 2. The number of aromatic nitrogens is 1. The van der Waals surface area contributed by atoms with Crippen LogP contribution in [0.25, 0.3) is 10.9 Å². The molecular weight excluding hydrogens is 465 g/mol. The molecule has 1 aromatic heterocycles. The molecule has 0 aliphatic rings. The van der Waals surface area contributed by atoms with Crippen molar-refractivity contribution in [1.29, 1.82) is 0 Å². The molecule has 0 aliphatic heterocycles. The van der Waals surface area contributed by atoms with Crippen LogP contribution in [0.2, 0.25) is 10.2 Å². The summed E-state index contributed by atoms with van der Waals surface area (Å²) in [6.07, 6.45) is 1.00. The molecule has 0 saturated heterocycles. The van der Waals surface area contributed by atoms with Crippen LogP contribution in [0.4, 0.5) is 4.79 Å². The van der Waals surface area contributed by atoms with Crippen LogP contribution in [0.3, 0.4) is 0 Å². The average molecular weight is 492 g/mol. The highest BCUT2D eigenvalue weighted by Crippen LogP contribution is 2.36. The number of nitrogens with zero attached hydrogens (tertiary/aromatic N) is 2. The Morgan fingerprint density at radius 2 is 1.88 bits per heavy atom. The first kappa shape index (κ1) is 24.7. The van der Waals surface area contributed by atoms with Crippen LogP contribution >= 0.6 is 23.2 Å². The van der Waals surface area contributed by atoms with Crippen molar-refractivity contribution in [1.82, 2.24) is 14.8 Å². The minimum Gasteiger partial charge on any atom is -0.496 e. The summed E-state index contributed by atoms with van der Waals surface area (Å²) in [5.74, 6) is -0.532. The number of carbonyl (C=O) groups excluding carboxylic acids is 1. The highest BCUT2D eigenvalue weighted by molar-refractivity contribution is 6.34. The van der Waals surface area contributed by atoms with Gasteiger partial charge in [-0.15, -0.1) is 0 Å². The molecule has 176 valence electrons.